The Bertz CT molecular complexity index is 1780. The monoisotopic (exact) mass is 745 g/mol. The third kappa shape index (κ3) is 8.53. The molecular weight excluding hydrogens is 698 g/mol. The number of esters is 1. The van der Waals surface area contributed by atoms with E-state index in [9.17, 15) is 9.59 Å². The number of hydrogen-bond acceptors (Lipinski definition) is 10. The highest BCUT2D eigenvalue weighted by atomic mass is 35.5. The Hall–Kier alpha value is -4.84. The first-order valence-corrected chi connectivity index (χ1v) is 18.7. The number of carbonyl (C=O) groups is 2. The normalized spacial score (nSPS) is 19.8. The number of likely N-dealkylation sites (tertiary alicyclic amines) is 1. The molecule has 3 aromatic carbocycles. The first-order valence-electron chi connectivity index (χ1n) is 18.3. The van der Waals surface area contributed by atoms with E-state index in [1.54, 1.807) is 30.0 Å². The summed E-state index contributed by atoms with van der Waals surface area (Å²) in [5.41, 5.74) is 2.42. The van der Waals surface area contributed by atoms with Gasteiger partial charge in [-0.05, 0) is 96.2 Å². The number of benzene rings is 3. The van der Waals surface area contributed by atoms with Gasteiger partial charge >= 0.3 is 12.1 Å². The van der Waals surface area contributed by atoms with Crippen molar-refractivity contribution in [3.63, 3.8) is 0 Å². The van der Waals surface area contributed by atoms with Crippen molar-refractivity contribution in [1.29, 1.82) is 0 Å². The molecule has 0 N–H and O–H groups in total. The molecule has 1 aliphatic carbocycles. The van der Waals surface area contributed by atoms with Crippen LogP contribution in [-0.2, 0) is 14.3 Å². The summed E-state index contributed by atoms with van der Waals surface area (Å²) in [7, 11) is 4.61. The molecular formula is C40H48ClN5O7. The number of carbonyl (C=O) groups excluding carboxylic acids is 2. The Morgan fingerprint density at radius 2 is 1.53 bits per heavy atom. The summed E-state index contributed by atoms with van der Waals surface area (Å²) in [4.78, 5) is 29.3. The molecule has 1 amide bonds. The molecule has 2 fully saturated rings. The molecule has 13 heteroatoms. The van der Waals surface area contributed by atoms with Crippen LogP contribution in [0.3, 0.4) is 0 Å². The molecule has 282 valence electrons. The maximum Gasteiger partial charge on any atom is 0.410 e. The Morgan fingerprint density at radius 1 is 0.868 bits per heavy atom. The standard InChI is InChI=1S/C40H48ClN5O7/c1-6-25(7-2)24-52-39(47)34-22-29-21-32(20-15-28(29)23-45(34)40(48)51-5)53-35-10-8-9-33(41)36(35)38-42-44-46(43-38)37(26-11-16-30(49-3)17-12-26)27-13-18-31(50-4)19-14-27/h8-14,16-19,25,28-29,32,34,37H,6-7,15,20-24H2,1-5H3/t28-,29+,32-,34-/m0/s1. The zero-order valence-corrected chi connectivity index (χ0v) is 31.7. The first kappa shape index (κ1) is 37.9. The molecule has 0 unspecified atom stereocenters. The number of ether oxygens (including phenoxy) is 5. The Morgan fingerprint density at radius 3 is 2.13 bits per heavy atom. The fourth-order valence-corrected chi connectivity index (χ4v) is 7.79. The smallest absolute Gasteiger partial charge is 0.410 e. The van der Waals surface area contributed by atoms with Crippen LogP contribution < -0.4 is 14.2 Å². The minimum Gasteiger partial charge on any atom is -0.497 e. The fraction of sp³-hybridized carbons (Fsp3) is 0.475. The maximum absolute atomic E-state index is 13.4. The number of rotatable bonds is 13. The number of nitrogens with zero attached hydrogens (tertiary/aromatic N) is 5. The van der Waals surface area contributed by atoms with Gasteiger partial charge in [-0.25, -0.2) is 9.59 Å². The lowest BCUT2D eigenvalue weighted by atomic mass is 9.72. The summed E-state index contributed by atoms with van der Waals surface area (Å²) in [6.45, 7) is 4.95. The van der Waals surface area contributed by atoms with Gasteiger partial charge in [0.15, 0.2) is 0 Å². The minimum atomic E-state index is -0.706. The zero-order chi connectivity index (χ0) is 37.5. The highest BCUT2D eigenvalue weighted by Gasteiger charge is 2.45. The molecule has 1 aliphatic heterocycles. The summed E-state index contributed by atoms with van der Waals surface area (Å²) in [5, 5.41) is 14.3. The Labute approximate surface area is 315 Å². The number of hydrogen-bond donors (Lipinski definition) is 0. The van der Waals surface area contributed by atoms with Gasteiger partial charge in [0.25, 0.3) is 0 Å². The van der Waals surface area contributed by atoms with Crippen LogP contribution >= 0.6 is 11.6 Å². The predicted molar refractivity (Wildman–Crippen MR) is 199 cm³/mol. The summed E-state index contributed by atoms with van der Waals surface area (Å²) in [5.74, 6) is 2.63. The lowest BCUT2D eigenvalue weighted by molar-refractivity contribution is -0.154. The number of methoxy groups -OCH3 is 3. The van der Waals surface area contributed by atoms with Crippen LogP contribution in [0.4, 0.5) is 4.79 Å². The molecule has 0 radical (unpaired) electrons. The highest BCUT2D eigenvalue weighted by Crippen LogP contribution is 2.43. The number of fused-ring (bicyclic) bond motifs is 1. The summed E-state index contributed by atoms with van der Waals surface area (Å²) < 4.78 is 28.3. The average Bonchev–Trinajstić information content (AvgIpc) is 3.67. The van der Waals surface area contributed by atoms with Crippen molar-refractivity contribution in [3.8, 4) is 28.6 Å². The molecule has 2 aliphatic rings. The van der Waals surface area contributed by atoms with Crippen molar-refractivity contribution >= 4 is 23.7 Å². The van der Waals surface area contributed by atoms with Crippen LogP contribution in [0.25, 0.3) is 11.4 Å². The van der Waals surface area contributed by atoms with E-state index in [0.29, 0.717) is 48.2 Å². The highest BCUT2D eigenvalue weighted by molar-refractivity contribution is 6.33. The topological polar surface area (TPSA) is 127 Å². The van der Waals surface area contributed by atoms with Crippen molar-refractivity contribution in [2.24, 2.45) is 17.8 Å². The van der Waals surface area contributed by atoms with Gasteiger partial charge in [-0.1, -0.05) is 68.6 Å². The van der Waals surface area contributed by atoms with Gasteiger partial charge in [-0.3, -0.25) is 4.90 Å². The lowest BCUT2D eigenvalue weighted by Gasteiger charge is -2.46. The molecule has 0 bridgehead atoms. The van der Waals surface area contributed by atoms with E-state index < -0.39 is 18.2 Å². The average molecular weight is 746 g/mol. The minimum absolute atomic E-state index is 0.150. The van der Waals surface area contributed by atoms with Crippen LogP contribution in [0, 0.1) is 17.8 Å². The molecule has 1 aromatic heterocycles. The molecule has 6 rings (SSSR count). The first-order chi connectivity index (χ1) is 25.8. The molecule has 12 nitrogen and oxygen atoms in total. The molecule has 53 heavy (non-hydrogen) atoms. The number of piperidine rings is 1. The summed E-state index contributed by atoms with van der Waals surface area (Å²) in [6.07, 6.45) is 3.97. The number of aromatic nitrogens is 4. The van der Waals surface area contributed by atoms with Crippen molar-refractivity contribution in [1.82, 2.24) is 25.1 Å². The number of halogens is 1. The number of tetrazole rings is 1. The van der Waals surface area contributed by atoms with Crippen LogP contribution in [0.2, 0.25) is 5.02 Å². The van der Waals surface area contributed by atoms with Crippen LogP contribution in [0.1, 0.15) is 69.5 Å². The second-order valence-electron chi connectivity index (χ2n) is 13.8. The summed E-state index contributed by atoms with van der Waals surface area (Å²) in [6, 6.07) is 19.9. The van der Waals surface area contributed by atoms with Gasteiger partial charge in [0.05, 0.1) is 44.6 Å². The SMILES string of the molecule is CCC(CC)COC(=O)[C@@H]1C[C@H]2C[C@@H](Oc3cccc(Cl)c3-c3nnn(C(c4ccc(OC)cc4)c4ccc(OC)cc4)n3)CC[C@H]2CN1C(=O)OC. The van der Waals surface area contributed by atoms with E-state index in [1.807, 2.05) is 60.7 Å². The zero-order valence-electron chi connectivity index (χ0n) is 30.9. The second-order valence-corrected chi connectivity index (χ2v) is 14.2. The predicted octanol–water partition coefficient (Wildman–Crippen LogP) is 7.63. The molecule has 1 saturated heterocycles. The molecule has 1 saturated carbocycles. The Kier molecular flexibility index (Phi) is 12.4. The van der Waals surface area contributed by atoms with E-state index in [0.717, 1.165) is 48.3 Å². The Balaban J connectivity index is 1.22. The van der Waals surface area contributed by atoms with E-state index in [4.69, 9.17) is 40.4 Å². The van der Waals surface area contributed by atoms with E-state index >= 15 is 0 Å². The fourth-order valence-electron chi connectivity index (χ4n) is 7.54. The molecule has 2 heterocycles. The van der Waals surface area contributed by atoms with Crippen molar-refractivity contribution < 1.29 is 33.3 Å². The molecule has 0 spiro atoms. The van der Waals surface area contributed by atoms with Crippen molar-refractivity contribution in [2.45, 2.75) is 70.6 Å². The van der Waals surface area contributed by atoms with E-state index in [2.05, 4.69) is 24.2 Å². The third-order valence-corrected chi connectivity index (χ3v) is 11.1. The lowest BCUT2D eigenvalue weighted by Crippen LogP contribution is -2.55. The van der Waals surface area contributed by atoms with Gasteiger partial charge in [0.1, 0.15) is 29.3 Å². The third-order valence-electron chi connectivity index (χ3n) is 10.7. The van der Waals surface area contributed by atoms with Gasteiger partial charge < -0.3 is 23.7 Å². The van der Waals surface area contributed by atoms with Crippen LogP contribution in [-0.4, -0.2) is 83.8 Å². The summed E-state index contributed by atoms with van der Waals surface area (Å²) >= 11 is 6.84. The van der Waals surface area contributed by atoms with Crippen LogP contribution in [0.5, 0.6) is 17.2 Å². The van der Waals surface area contributed by atoms with Crippen LogP contribution in [0.15, 0.2) is 66.7 Å². The second kappa shape index (κ2) is 17.3. The van der Waals surface area contributed by atoms with Crippen molar-refractivity contribution in [2.75, 3.05) is 34.5 Å². The quantitative estimate of drug-likeness (QED) is 0.126. The number of amides is 1. The van der Waals surface area contributed by atoms with Gasteiger partial charge in [0, 0.05) is 6.54 Å². The van der Waals surface area contributed by atoms with E-state index in [1.165, 1.54) is 7.11 Å². The van der Waals surface area contributed by atoms with Gasteiger partial charge in [-0.15, -0.1) is 10.2 Å². The maximum atomic E-state index is 13.4. The largest absolute Gasteiger partial charge is 0.497 e. The molecule has 4 aromatic rings. The van der Waals surface area contributed by atoms with Crippen molar-refractivity contribution in [3.05, 3.63) is 82.9 Å². The van der Waals surface area contributed by atoms with E-state index in [-0.39, 0.29) is 29.8 Å². The van der Waals surface area contributed by atoms with Gasteiger partial charge in [-0.2, -0.15) is 4.80 Å². The molecule has 4 atom stereocenters. The van der Waals surface area contributed by atoms with Gasteiger partial charge in [0.2, 0.25) is 5.82 Å².